The van der Waals surface area contributed by atoms with Crippen molar-refractivity contribution < 1.29 is 9.90 Å². The van der Waals surface area contributed by atoms with Gasteiger partial charge >= 0.3 is 5.97 Å². The number of carboxylic acids is 1. The van der Waals surface area contributed by atoms with Crippen LogP contribution in [0.2, 0.25) is 0 Å². The smallest absolute Gasteiger partial charge is 0.337 e. The summed E-state index contributed by atoms with van der Waals surface area (Å²) in [6, 6.07) is 7.20. The van der Waals surface area contributed by atoms with Gasteiger partial charge in [0.25, 0.3) is 0 Å². The van der Waals surface area contributed by atoms with Crippen molar-refractivity contribution in [3.8, 4) is 0 Å². The number of halogens is 1. The first-order valence-electron chi connectivity index (χ1n) is 5.49. The molecule has 6 heteroatoms. The quantitative estimate of drug-likeness (QED) is 0.808. The topological polar surface area (TPSA) is 88.2 Å². The van der Waals surface area contributed by atoms with E-state index in [1.54, 1.807) is 0 Å². The molecule has 0 unspecified atom stereocenters. The summed E-state index contributed by atoms with van der Waals surface area (Å²) < 4.78 is 0.934. The number of carboxylic acid groups (broad SMARTS) is 1. The first-order valence-corrected chi connectivity index (χ1v) is 6.28. The van der Waals surface area contributed by atoms with Crippen LogP contribution in [-0.4, -0.2) is 16.1 Å². The molecular formula is C13H12BrN3O2. The number of nitrogens with two attached hydrogens (primary N) is 1. The van der Waals surface area contributed by atoms with E-state index in [1.165, 1.54) is 12.3 Å². The maximum absolute atomic E-state index is 11.0. The number of rotatable bonds is 3. The second kappa shape index (κ2) is 5.27. The minimum absolute atomic E-state index is 0.0317. The molecule has 5 nitrogen and oxygen atoms in total. The van der Waals surface area contributed by atoms with Crippen molar-refractivity contribution in [2.45, 2.75) is 6.92 Å². The van der Waals surface area contributed by atoms with Gasteiger partial charge in [0.05, 0.1) is 17.4 Å². The van der Waals surface area contributed by atoms with Crippen LogP contribution < -0.4 is 11.1 Å². The number of aromatic nitrogens is 1. The fourth-order valence-electron chi connectivity index (χ4n) is 1.68. The van der Waals surface area contributed by atoms with E-state index in [2.05, 4.69) is 26.2 Å². The number of nitrogens with one attached hydrogen (secondary N) is 1. The van der Waals surface area contributed by atoms with Gasteiger partial charge in [0.15, 0.2) is 0 Å². The predicted octanol–water partition coefficient (Wildman–Crippen LogP) is 3.18. The van der Waals surface area contributed by atoms with E-state index in [0.717, 1.165) is 15.7 Å². The van der Waals surface area contributed by atoms with E-state index in [9.17, 15) is 4.79 Å². The van der Waals surface area contributed by atoms with Gasteiger partial charge in [-0.1, -0.05) is 15.9 Å². The normalized spacial score (nSPS) is 10.2. The molecule has 0 bridgehead atoms. The molecule has 19 heavy (non-hydrogen) atoms. The van der Waals surface area contributed by atoms with E-state index < -0.39 is 5.97 Å². The second-order valence-electron chi connectivity index (χ2n) is 4.10. The van der Waals surface area contributed by atoms with Crippen LogP contribution in [0.5, 0.6) is 0 Å². The van der Waals surface area contributed by atoms with Crippen molar-refractivity contribution in [2.24, 2.45) is 0 Å². The Morgan fingerprint density at radius 1 is 1.37 bits per heavy atom. The van der Waals surface area contributed by atoms with Crippen molar-refractivity contribution in [1.82, 2.24) is 4.98 Å². The van der Waals surface area contributed by atoms with Gasteiger partial charge in [-0.05, 0) is 36.8 Å². The fraction of sp³-hybridized carbons (Fsp3) is 0.0769. The van der Waals surface area contributed by atoms with Crippen LogP contribution in [0.4, 0.5) is 17.2 Å². The molecule has 0 saturated carbocycles. The standard InChI is InChI=1S/C13H12BrN3O2/c1-7-2-8(14)4-9(3-7)17-12-5-10(13(18)19)11(15)6-16-12/h2-6H,15H2,1H3,(H,16,17)(H,18,19). The zero-order chi connectivity index (χ0) is 14.0. The van der Waals surface area contributed by atoms with E-state index in [-0.39, 0.29) is 11.3 Å². The summed E-state index contributed by atoms with van der Waals surface area (Å²) in [4.78, 5) is 15.1. The van der Waals surface area contributed by atoms with E-state index in [0.29, 0.717) is 5.82 Å². The summed E-state index contributed by atoms with van der Waals surface area (Å²) in [5.41, 5.74) is 7.62. The number of hydrogen-bond acceptors (Lipinski definition) is 4. The Bertz CT molecular complexity index is 624. The average molecular weight is 322 g/mol. The lowest BCUT2D eigenvalue weighted by Gasteiger charge is -2.09. The summed E-state index contributed by atoms with van der Waals surface area (Å²) in [5.74, 6) is -0.641. The Hall–Kier alpha value is -2.08. The summed E-state index contributed by atoms with van der Waals surface area (Å²) in [5, 5.41) is 12.0. The van der Waals surface area contributed by atoms with Crippen molar-refractivity contribution in [1.29, 1.82) is 0 Å². The Morgan fingerprint density at radius 3 is 2.74 bits per heavy atom. The van der Waals surface area contributed by atoms with Gasteiger partial charge < -0.3 is 16.2 Å². The molecule has 0 radical (unpaired) electrons. The van der Waals surface area contributed by atoms with Gasteiger partial charge in [-0.25, -0.2) is 9.78 Å². The molecule has 0 spiro atoms. The van der Waals surface area contributed by atoms with E-state index in [4.69, 9.17) is 10.8 Å². The van der Waals surface area contributed by atoms with Crippen LogP contribution >= 0.6 is 15.9 Å². The van der Waals surface area contributed by atoms with Gasteiger partial charge in [-0.2, -0.15) is 0 Å². The number of benzene rings is 1. The summed E-state index contributed by atoms with van der Waals surface area (Å²) >= 11 is 3.40. The van der Waals surface area contributed by atoms with Crippen molar-refractivity contribution >= 4 is 39.1 Å². The summed E-state index contributed by atoms with van der Waals surface area (Å²) in [6.07, 6.45) is 1.33. The lowest BCUT2D eigenvalue weighted by atomic mass is 10.2. The summed E-state index contributed by atoms with van der Waals surface area (Å²) in [6.45, 7) is 1.97. The molecule has 4 N–H and O–H groups in total. The van der Waals surface area contributed by atoms with Gasteiger partial charge in [0.2, 0.25) is 0 Å². The fourth-order valence-corrected chi connectivity index (χ4v) is 2.28. The summed E-state index contributed by atoms with van der Waals surface area (Å²) in [7, 11) is 0. The molecule has 1 aromatic carbocycles. The largest absolute Gasteiger partial charge is 0.478 e. The first kappa shape index (κ1) is 13.4. The molecular weight excluding hydrogens is 310 g/mol. The zero-order valence-corrected chi connectivity index (χ0v) is 11.7. The van der Waals surface area contributed by atoms with Crippen molar-refractivity contribution in [3.05, 3.63) is 46.1 Å². The third kappa shape index (κ3) is 3.23. The molecule has 0 saturated heterocycles. The molecule has 0 aliphatic heterocycles. The third-order valence-electron chi connectivity index (χ3n) is 2.48. The van der Waals surface area contributed by atoms with Crippen LogP contribution in [-0.2, 0) is 0 Å². The van der Waals surface area contributed by atoms with Crippen LogP contribution in [0.15, 0.2) is 34.9 Å². The van der Waals surface area contributed by atoms with Crippen LogP contribution in [0.3, 0.4) is 0 Å². The van der Waals surface area contributed by atoms with Crippen molar-refractivity contribution in [3.63, 3.8) is 0 Å². The molecule has 1 heterocycles. The SMILES string of the molecule is Cc1cc(Br)cc(Nc2cc(C(=O)O)c(N)cn2)c1. The van der Waals surface area contributed by atoms with Gasteiger partial charge in [-0.15, -0.1) is 0 Å². The van der Waals surface area contributed by atoms with E-state index in [1.807, 2.05) is 25.1 Å². The number of pyridine rings is 1. The lowest BCUT2D eigenvalue weighted by Crippen LogP contribution is -2.05. The van der Waals surface area contributed by atoms with Gasteiger partial charge in [0, 0.05) is 10.2 Å². The second-order valence-corrected chi connectivity index (χ2v) is 5.02. The Balaban J connectivity index is 2.33. The molecule has 2 aromatic rings. The van der Waals surface area contributed by atoms with E-state index >= 15 is 0 Å². The lowest BCUT2D eigenvalue weighted by molar-refractivity contribution is 0.0698. The zero-order valence-electron chi connectivity index (χ0n) is 10.1. The molecule has 98 valence electrons. The van der Waals surface area contributed by atoms with Crippen molar-refractivity contribution in [2.75, 3.05) is 11.1 Å². The third-order valence-corrected chi connectivity index (χ3v) is 2.94. The highest BCUT2D eigenvalue weighted by molar-refractivity contribution is 9.10. The number of nitrogens with zero attached hydrogens (tertiary/aromatic N) is 1. The number of aryl methyl sites for hydroxylation is 1. The molecule has 2 rings (SSSR count). The van der Waals surface area contributed by atoms with Gasteiger partial charge in [0.1, 0.15) is 5.82 Å². The predicted molar refractivity (Wildman–Crippen MR) is 77.8 cm³/mol. The molecule has 0 atom stereocenters. The maximum atomic E-state index is 11.0. The highest BCUT2D eigenvalue weighted by atomic mass is 79.9. The minimum atomic E-state index is -1.08. The molecule has 1 aromatic heterocycles. The highest BCUT2D eigenvalue weighted by Crippen LogP contribution is 2.23. The van der Waals surface area contributed by atoms with Crippen LogP contribution in [0.1, 0.15) is 15.9 Å². The molecule has 0 amide bonds. The van der Waals surface area contributed by atoms with Crippen LogP contribution in [0.25, 0.3) is 0 Å². The number of carbonyl (C=O) groups is 1. The average Bonchev–Trinajstić information content (AvgIpc) is 2.30. The number of hydrogen-bond donors (Lipinski definition) is 3. The number of anilines is 3. The molecule has 0 fully saturated rings. The maximum Gasteiger partial charge on any atom is 0.337 e. The molecule has 0 aliphatic rings. The monoisotopic (exact) mass is 321 g/mol. The van der Waals surface area contributed by atoms with Crippen LogP contribution in [0, 0.1) is 6.92 Å². The molecule has 0 aliphatic carbocycles. The number of nitrogen functional groups attached to an aromatic ring is 1. The first-order chi connectivity index (χ1) is 8.95. The minimum Gasteiger partial charge on any atom is -0.478 e. The van der Waals surface area contributed by atoms with Gasteiger partial charge in [-0.3, -0.25) is 0 Å². The Kier molecular flexibility index (Phi) is 3.71. The highest BCUT2D eigenvalue weighted by Gasteiger charge is 2.09. The Morgan fingerprint density at radius 2 is 2.11 bits per heavy atom. The Labute approximate surface area is 118 Å². The number of aromatic carboxylic acids is 1.